The van der Waals surface area contributed by atoms with E-state index < -0.39 is 5.97 Å². The first-order valence-electron chi connectivity index (χ1n) is 5.05. The number of halogens is 1. The van der Waals surface area contributed by atoms with Gasteiger partial charge in [-0.1, -0.05) is 0 Å². The van der Waals surface area contributed by atoms with Gasteiger partial charge in [0, 0.05) is 16.4 Å². The molecule has 0 radical (unpaired) electrons. The number of rotatable bonds is 3. The van der Waals surface area contributed by atoms with Crippen molar-refractivity contribution in [2.75, 3.05) is 0 Å². The van der Waals surface area contributed by atoms with E-state index in [0.29, 0.717) is 0 Å². The number of aryl methyl sites for hydroxylation is 1. The van der Waals surface area contributed by atoms with Gasteiger partial charge < -0.3 is 9.67 Å². The van der Waals surface area contributed by atoms with Gasteiger partial charge in [-0.05, 0) is 52.8 Å². The Bertz CT molecular complexity index is 612. The summed E-state index contributed by atoms with van der Waals surface area (Å²) in [4.78, 5) is 11.7. The van der Waals surface area contributed by atoms with Crippen LogP contribution in [0.1, 0.15) is 16.2 Å². The maximum atomic E-state index is 10.8. The fraction of sp³-hybridized carbons (Fsp3) is 0.182. The van der Waals surface area contributed by atoms with Gasteiger partial charge in [-0.3, -0.25) is 0 Å². The molecule has 0 saturated heterocycles. The minimum atomic E-state index is -0.943. The summed E-state index contributed by atoms with van der Waals surface area (Å²) < 4.78 is 2.61. The molecule has 0 aliphatic heterocycles. The second-order valence-corrected chi connectivity index (χ2v) is 5.50. The van der Waals surface area contributed by atoms with Gasteiger partial charge in [0.05, 0.1) is 5.56 Å². The monoisotopic (exact) mass is 327 g/mol. The number of nitrogens with zero attached hydrogens (tertiary/aromatic N) is 3. The highest BCUT2D eigenvalue weighted by Crippen LogP contribution is 2.33. The molecule has 0 bridgehead atoms. The van der Waals surface area contributed by atoms with Crippen LogP contribution < -0.4 is 0 Å². The molecule has 1 aromatic carbocycles. The van der Waals surface area contributed by atoms with Crippen LogP contribution in [0.2, 0.25) is 0 Å². The van der Waals surface area contributed by atoms with Crippen molar-refractivity contribution in [3.8, 4) is 0 Å². The van der Waals surface area contributed by atoms with Gasteiger partial charge in [0.25, 0.3) is 0 Å². The van der Waals surface area contributed by atoms with Gasteiger partial charge in [-0.2, -0.15) is 0 Å². The number of aromatic carboxylic acids is 1. The molecule has 94 valence electrons. The lowest BCUT2D eigenvalue weighted by molar-refractivity contribution is 0.0696. The zero-order chi connectivity index (χ0) is 13.3. The van der Waals surface area contributed by atoms with E-state index in [1.54, 1.807) is 18.2 Å². The van der Waals surface area contributed by atoms with Crippen LogP contribution in [0.15, 0.2) is 32.7 Å². The average molecular weight is 328 g/mol. The van der Waals surface area contributed by atoms with Crippen LogP contribution in [-0.2, 0) is 7.05 Å². The Balaban J connectivity index is 2.30. The molecule has 0 spiro atoms. The van der Waals surface area contributed by atoms with Crippen molar-refractivity contribution in [3.63, 3.8) is 0 Å². The summed E-state index contributed by atoms with van der Waals surface area (Å²) in [6.45, 7) is 1.87. The first-order chi connectivity index (χ1) is 8.49. The van der Waals surface area contributed by atoms with Crippen LogP contribution in [0.3, 0.4) is 0 Å². The van der Waals surface area contributed by atoms with E-state index in [4.69, 9.17) is 5.11 Å². The Hall–Kier alpha value is -1.34. The number of carbonyl (C=O) groups is 1. The van der Waals surface area contributed by atoms with Gasteiger partial charge in [0.2, 0.25) is 0 Å². The van der Waals surface area contributed by atoms with Crippen LogP contribution in [-0.4, -0.2) is 25.8 Å². The van der Waals surface area contributed by atoms with E-state index in [1.165, 1.54) is 11.8 Å². The highest BCUT2D eigenvalue weighted by atomic mass is 79.9. The Labute approximate surface area is 116 Å². The molecule has 2 aromatic rings. The van der Waals surface area contributed by atoms with Crippen LogP contribution in [0.25, 0.3) is 0 Å². The number of carboxylic acid groups (broad SMARTS) is 1. The van der Waals surface area contributed by atoms with Gasteiger partial charge >= 0.3 is 5.97 Å². The van der Waals surface area contributed by atoms with Crippen molar-refractivity contribution in [2.24, 2.45) is 7.05 Å². The molecule has 0 atom stereocenters. The normalized spacial score (nSPS) is 10.6. The predicted octanol–water partition coefficient (Wildman–Crippen LogP) is 2.74. The zero-order valence-electron chi connectivity index (χ0n) is 9.72. The molecule has 0 aliphatic rings. The quantitative estimate of drug-likeness (QED) is 0.938. The number of benzene rings is 1. The van der Waals surface area contributed by atoms with E-state index in [0.717, 1.165) is 20.3 Å². The molecule has 0 aliphatic carbocycles. The lowest BCUT2D eigenvalue weighted by Gasteiger charge is -2.05. The van der Waals surface area contributed by atoms with E-state index >= 15 is 0 Å². The first-order valence-corrected chi connectivity index (χ1v) is 6.66. The third-order valence-electron chi connectivity index (χ3n) is 2.43. The van der Waals surface area contributed by atoms with Crippen molar-refractivity contribution in [3.05, 3.63) is 34.1 Å². The van der Waals surface area contributed by atoms with Crippen LogP contribution in [0.5, 0.6) is 0 Å². The minimum absolute atomic E-state index is 0.250. The van der Waals surface area contributed by atoms with Gasteiger partial charge in [-0.25, -0.2) is 4.79 Å². The average Bonchev–Trinajstić information content (AvgIpc) is 2.63. The second kappa shape index (κ2) is 5.11. The molecule has 1 aromatic heterocycles. The third kappa shape index (κ3) is 2.56. The van der Waals surface area contributed by atoms with Crippen molar-refractivity contribution >= 4 is 33.7 Å². The molecule has 2 rings (SSSR count). The number of carboxylic acids is 1. The van der Waals surface area contributed by atoms with Crippen LogP contribution in [0, 0.1) is 6.92 Å². The Morgan fingerprint density at radius 3 is 2.67 bits per heavy atom. The molecular weight excluding hydrogens is 318 g/mol. The molecule has 0 saturated carbocycles. The molecule has 1 N–H and O–H groups in total. The van der Waals surface area contributed by atoms with Crippen LogP contribution in [0.4, 0.5) is 0 Å². The van der Waals surface area contributed by atoms with Gasteiger partial charge in [0.15, 0.2) is 5.16 Å². The molecule has 0 amide bonds. The van der Waals surface area contributed by atoms with Crippen molar-refractivity contribution in [2.45, 2.75) is 17.0 Å². The topological polar surface area (TPSA) is 68.0 Å². The summed E-state index contributed by atoms with van der Waals surface area (Å²) in [6.07, 6.45) is 0. The summed E-state index contributed by atoms with van der Waals surface area (Å²) in [5, 5.41) is 17.7. The van der Waals surface area contributed by atoms with E-state index in [1.807, 2.05) is 18.5 Å². The van der Waals surface area contributed by atoms with Crippen molar-refractivity contribution in [1.29, 1.82) is 0 Å². The molecule has 1 heterocycles. The summed E-state index contributed by atoms with van der Waals surface area (Å²) in [6, 6.07) is 4.90. The van der Waals surface area contributed by atoms with Gasteiger partial charge in [-0.15, -0.1) is 10.2 Å². The minimum Gasteiger partial charge on any atom is -0.478 e. The van der Waals surface area contributed by atoms with Gasteiger partial charge in [0.1, 0.15) is 5.82 Å². The highest BCUT2D eigenvalue weighted by molar-refractivity contribution is 9.10. The molecule has 5 nitrogen and oxygen atoms in total. The zero-order valence-corrected chi connectivity index (χ0v) is 12.1. The predicted molar refractivity (Wildman–Crippen MR) is 71.0 cm³/mol. The third-order valence-corrected chi connectivity index (χ3v) is 4.47. The van der Waals surface area contributed by atoms with E-state index in [2.05, 4.69) is 26.1 Å². The molecule has 0 unspecified atom stereocenters. The summed E-state index contributed by atoms with van der Waals surface area (Å²) in [5.74, 6) is -0.113. The second-order valence-electron chi connectivity index (χ2n) is 3.64. The van der Waals surface area contributed by atoms with E-state index in [-0.39, 0.29) is 5.56 Å². The molecule has 18 heavy (non-hydrogen) atoms. The number of aromatic nitrogens is 3. The maximum Gasteiger partial charge on any atom is 0.335 e. The Morgan fingerprint density at radius 2 is 2.17 bits per heavy atom. The van der Waals surface area contributed by atoms with Crippen molar-refractivity contribution in [1.82, 2.24) is 14.8 Å². The maximum absolute atomic E-state index is 10.8. The summed E-state index contributed by atoms with van der Waals surface area (Å²) >= 11 is 4.79. The Morgan fingerprint density at radius 1 is 1.44 bits per heavy atom. The summed E-state index contributed by atoms with van der Waals surface area (Å²) in [5.41, 5.74) is 0.250. The highest BCUT2D eigenvalue weighted by Gasteiger charge is 2.11. The van der Waals surface area contributed by atoms with E-state index in [9.17, 15) is 4.79 Å². The standard InChI is InChI=1S/C11H10BrN3O2S/c1-6-13-14-11(15(6)2)18-9-4-3-7(10(16)17)5-8(9)12/h3-5H,1-2H3,(H,16,17). The Kier molecular flexibility index (Phi) is 3.72. The lowest BCUT2D eigenvalue weighted by Crippen LogP contribution is -1.96. The van der Waals surface area contributed by atoms with Crippen molar-refractivity contribution < 1.29 is 9.90 Å². The lowest BCUT2D eigenvalue weighted by atomic mass is 10.2. The summed E-state index contributed by atoms with van der Waals surface area (Å²) in [7, 11) is 1.89. The molecule has 7 heteroatoms. The van der Waals surface area contributed by atoms with Crippen LogP contribution >= 0.6 is 27.7 Å². The SMILES string of the molecule is Cc1nnc(Sc2ccc(C(=O)O)cc2Br)n1C. The fourth-order valence-corrected chi connectivity index (χ4v) is 2.75. The molecule has 0 fully saturated rings. The smallest absolute Gasteiger partial charge is 0.335 e. The number of hydrogen-bond donors (Lipinski definition) is 1. The first kappa shape index (κ1) is 13.1. The molecular formula is C11H10BrN3O2S. The fourth-order valence-electron chi connectivity index (χ4n) is 1.29. The number of hydrogen-bond acceptors (Lipinski definition) is 4. The largest absolute Gasteiger partial charge is 0.478 e.